The number of nitrogens with zero attached hydrogens (tertiary/aromatic N) is 1. The summed E-state index contributed by atoms with van der Waals surface area (Å²) in [6.45, 7) is 6.58. The predicted molar refractivity (Wildman–Crippen MR) is 102 cm³/mol. The topological polar surface area (TPSA) is 46.2 Å². The zero-order valence-electron chi connectivity index (χ0n) is 15.5. The zero-order valence-corrected chi connectivity index (χ0v) is 15.5. The second-order valence-corrected chi connectivity index (χ2v) is 7.05. The maximum Gasteiger partial charge on any atom is 0.138 e. The summed E-state index contributed by atoms with van der Waals surface area (Å²) < 4.78 is 5.98. The average Bonchev–Trinajstić information content (AvgIpc) is 2.61. The summed E-state index contributed by atoms with van der Waals surface area (Å²) in [5.74, 6) is 1.82. The van der Waals surface area contributed by atoms with Crippen molar-refractivity contribution in [2.75, 3.05) is 18.4 Å². The van der Waals surface area contributed by atoms with E-state index in [2.05, 4.69) is 29.5 Å². The first-order chi connectivity index (χ1) is 11.8. The van der Waals surface area contributed by atoms with Gasteiger partial charge in [-0.25, -0.2) is 4.98 Å². The third-order valence-electron chi connectivity index (χ3n) is 4.69. The molecular weight excluding hydrogens is 298 g/mol. The molecule has 0 aromatic carbocycles. The van der Waals surface area contributed by atoms with Gasteiger partial charge in [0.2, 0.25) is 0 Å². The summed E-state index contributed by atoms with van der Waals surface area (Å²) in [7, 11) is 0. The van der Waals surface area contributed by atoms with Crippen LogP contribution in [0.5, 0.6) is 5.75 Å². The van der Waals surface area contributed by atoms with Gasteiger partial charge in [0.25, 0.3) is 0 Å². The molecule has 4 heteroatoms. The Hall–Kier alpha value is -1.29. The highest BCUT2D eigenvalue weighted by molar-refractivity contribution is 5.38. The first kappa shape index (κ1) is 19.0. The van der Waals surface area contributed by atoms with Gasteiger partial charge in [0.1, 0.15) is 11.6 Å². The fourth-order valence-electron chi connectivity index (χ4n) is 3.22. The number of pyridine rings is 1. The molecule has 1 aromatic rings. The van der Waals surface area contributed by atoms with Gasteiger partial charge in [-0.2, -0.15) is 0 Å². The summed E-state index contributed by atoms with van der Waals surface area (Å²) in [6.07, 6.45) is 13.7. The number of nitrogens with one attached hydrogen (secondary N) is 2. The van der Waals surface area contributed by atoms with Crippen LogP contribution in [0.4, 0.5) is 5.82 Å². The van der Waals surface area contributed by atoms with Crippen LogP contribution >= 0.6 is 0 Å². The van der Waals surface area contributed by atoms with E-state index in [1.807, 2.05) is 18.3 Å². The minimum atomic E-state index is 0.263. The third-order valence-corrected chi connectivity index (χ3v) is 4.69. The predicted octanol–water partition coefficient (Wildman–Crippen LogP) is 4.76. The quantitative estimate of drug-likeness (QED) is 0.573. The van der Waals surface area contributed by atoms with Gasteiger partial charge in [-0.3, -0.25) is 0 Å². The van der Waals surface area contributed by atoms with Crippen molar-refractivity contribution in [1.82, 2.24) is 10.3 Å². The fraction of sp³-hybridized carbons (Fsp3) is 0.750. The van der Waals surface area contributed by atoms with E-state index in [0.29, 0.717) is 6.04 Å². The largest absolute Gasteiger partial charge is 0.489 e. The van der Waals surface area contributed by atoms with Gasteiger partial charge in [-0.05, 0) is 51.3 Å². The third kappa shape index (κ3) is 7.52. The highest BCUT2D eigenvalue weighted by atomic mass is 16.5. The van der Waals surface area contributed by atoms with Crippen LogP contribution in [0.25, 0.3) is 0 Å². The molecule has 24 heavy (non-hydrogen) atoms. The standard InChI is InChI=1S/C20H35N3O/c1-3-4-5-6-7-8-10-17(2)24-19-12-13-20(22-16-19)23-18-11-9-14-21-15-18/h12-13,16-18,21H,3-11,14-15H2,1-2H3,(H,22,23). The minimum Gasteiger partial charge on any atom is -0.489 e. The first-order valence-electron chi connectivity index (χ1n) is 9.88. The number of anilines is 1. The van der Waals surface area contributed by atoms with Crippen molar-refractivity contribution in [2.24, 2.45) is 0 Å². The van der Waals surface area contributed by atoms with Crippen LogP contribution in [0.2, 0.25) is 0 Å². The lowest BCUT2D eigenvalue weighted by Crippen LogP contribution is -2.38. The number of hydrogen-bond donors (Lipinski definition) is 2. The maximum absolute atomic E-state index is 5.98. The van der Waals surface area contributed by atoms with Crippen molar-refractivity contribution in [3.05, 3.63) is 18.3 Å². The Morgan fingerprint density at radius 1 is 1.25 bits per heavy atom. The Morgan fingerprint density at radius 3 is 2.79 bits per heavy atom. The molecule has 0 aliphatic carbocycles. The van der Waals surface area contributed by atoms with Crippen LogP contribution in [-0.4, -0.2) is 30.2 Å². The van der Waals surface area contributed by atoms with Gasteiger partial charge >= 0.3 is 0 Å². The van der Waals surface area contributed by atoms with Crippen molar-refractivity contribution >= 4 is 5.82 Å². The summed E-state index contributed by atoms with van der Waals surface area (Å²) >= 11 is 0. The molecule has 1 fully saturated rings. The van der Waals surface area contributed by atoms with E-state index in [0.717, 1.165) is 31.1 Å². The molecule has 1 aromatic heterocycles. The van der Waals surface area contributed by atoms with E-state index >= 15 is 0 Å². The number of piperidine rings is 1. The molecule has 1 aliphatic heterocycles. The number of unbranched alkanes of at least 4 members (excludes halogenated alkanes) is 5. The highest BCUT2D eigenvalue weighted by Crippen LogP contribution is 2.18. The molecule has 1 saturated heterocycles. The molecule has 0 amide bonds. The average molecular weight is 334 g/mol. The Kier molecular flexibility index (Phi) is 8.96. The number of rotatable bonds is 11. The molecule has 2 rings (SSSR count). The molecule has 4 nitrogen and oxygen atoms in total. The Morgan fingerprint density at radius 2 is 2.08 bits per heavy atom. The summed E-state index contributed by atoms with van der Waals surface area (Å²) in [4.78, 5) is 4.49. The smallest absolute Gasteiger partial charge is 0.138 e. The van der Waals surface area contributed by atoms with Crippen molar-refractivity contribution in [1.29, 1.82) is 0 Å². The van der Waals surface area contributed by atoms with E-state index in [-0.39, 0.29) is 6.10 Å². The molecule has 2 unspecified atom stereocenters. The van der Waals surface area contributed by atoms with Crippen LogP contribution in [0.1, 0.15) is 71.6 Å². The second-order valence-electron chi connectivity index (χ2n) is 7.05. The van der Waals surface area contributed by atoms with Gasteiger partial charge in [0.05, 0.1) is 12.3 Å². The number of aromatic nitrogens is 1. The van der Waals surface area contributed by atoms with E-state index in [1.165, 1.54) is 51.4 Å². The van der Waals surface area contributed by atoms with Crippen molar-refractivity contribution in [2.45, 2.75) is 83.8 Å². The first-order valence-corrected chi connectivity index (χ1v) is 9.88. The molecule has 136 valence electrons. The monoisotopic (exact) mass is 333 g/mol. The van der Waals surface area contributed by atoms with Crippen LogP contribution in [0, 0.1) is 0 Å². The lowest BCUT2D eigenvalue weighted by atomic mass is 10.1. The molecule has 1 aliphatic rings. The Bertz CT molecular complexity index is 429. The lowest BCUT2D eigenvalue weighted by molar-refractivity contribution is 0.205. The normalized spacial score (nSPS) is 19.0. The molecule has 0 saturated carbocycles. The summed E-state index contributed by atoms with van der Waals surface area (Å²) in [5, 5.41) is 6.90. The van der Waals surface area contributed by atoms with Crippen molar-refractivity contribution in [3.8, 4) is 5.75 Å². The molecular formula is C20H35N3O. The SMILES string of the molecule is CCCCCCCCC(C)Oc1ccc(NC2CCCNC2)nc1. The van der Waals surface area contributed by atoms with Crippen molar-refractivity contribution < 1.29 is 4.74 Å². The summed E-state index contributed by atoms with van der Waals surface area (Å²) in [6, 6.07) is 4.55. The molecule has 2 N–H and O–H groups in total. The lowest BCUT2D eigenvalue weighted by Gasteiger charge is -2.24. The van der Waals surface area contributed by atoms with Gasteiger partial charge in [-0.15, -0.1) is 0 Å². The molecule has 0 bridgehead atoms. The van der Waals surface area contributed by atoms with E-state index in [1.54, 1.807) is 0 Å². The van der Waals surface area contributed by atoms with Crippen LogP contribution in [0.15, 0.2) is 18.3 Å². The van der Waals surface area contributed by atoms with Gasteiger partial charge in [0.15, 0.2) is 0 Å². The van der Waals surface area contributed by atoms with Crippen LogP contribution < -0.4 is 15.4 Å². The van der Waals surface area contributed by atoms with Gasteiger partial charge in [-0.1, -0.05) is 39.0 Å². The zero-order chi connectivity index (χ0) is 17.0. The van der Waals surface area contributed by atoms with E-state index in [4.69, 9.17) is 4.74 Å². The molecule has 2 atom stereocenters. The molecule has 2 heterocycles. The highest BCUT2D eigenvalue weighted by Gasteiger charge is 2.13. The van der Waals surface area contributed by atoms with Gasteiger partial charge in [0, 0.05) is 12.6 Å². The van der Waals surface area contributed by atoms with Crippen molar-refractivity contribution in [3.63, 3.8) is 0 Å². The second kappa shape index (κ2) is 11.3. The van der Waals surface area contributed by atoms with E-state index < -0.39 is 0 Å². The van der Waals surface area contributed by atoms with Crippen LogP contribution in [-0.2, 0) is 0 Å². The fourth-order valence-corrected chi connectivity index (χ4v) is 3.22. The minimum absolute atomic E-state index is 0.263. The Balaban J connectivity index is 1.63. The molecule has 0 radical (unpaired) electrons. The Labute approximate surface area is 147 Å². The molecule has 0 spiro atoms. The summed E-state index contributed by atoms with van der Waals surface area (Å²) in [5.41, 5.74) is 0. The number of ether oxygens (including phenoxy) is 1. The number of hydrogen-bond acceptors (Lipinski definition) is 4. The van der Waals surface area contributed by atoms with Gasteiger partial charge < -0.3 is 15.4 Å². The van der Waals surface area contributed by atoms with Crippen LogP contribution in [0.3, 0.4) is 0 Å². The van der Waals surface area contributed by atoms with E-state index in [9.17, 15) is 0 Å². The maximum atomic E-state index is 5.98.